The Labute approximate surface area is 293 Å². The van der Waals surface area contributed by atoms with E-state index in [0.29, 0.717) is 26.4 Å². The first-order chi connectivity index (χ1) is 17.7. The minimum absolute atomic E-state index is 0. The van der Waals surface area contributed by atoms with Gasteiger partial charge in [-0.1, -0.05) is 53.4 Å². The summed E-state index contributed by atoms with van der Waals surface area (Å²) in [6.07, 6.45) is 8.15. The van der Waals surface area contributed by atoms with Crippen molar-refractivity contribution in [1.29, 1.82) is 0 Å². The average Bonchev–Trinajstić information content (AvgIpc) is 2.67. The molecule has 8 nitrogen and oxygen atoms in total. The molecule has 264 valence electrons. The molecule has 0 aliphatic carbocycles. The van der Waals surface area contributed by atoms with Crippen molar-refractivity contribution in [3.63, 3.8) is 0 Å². The summed E-state index contributed by atoms with van der Waals surface area (Å²) in [5.41, 5.74) is -2.00. The maximum Gasteiger partial charge on any atom is 0.0563 e. The van der Waals surface area contributed by atoms with E-state index < -0.39 is 22.4 Å². The van der Waals surface area contributed by atoms with Gasteiger partial charge in [0.05, 0.1) is 22.4 Å². The number of aliphatic hydroxyl groups is 8. The van der Waals surface area contributed by atoms with Crippen LogP contribution < -0.4 is 0 Å². The van der Waals surface area contributed by atoms with Crippen molar-refractivity contribution in [3.8, 4) is 0 Å². The number of rotatable bonds is 8. The quantitative estimate of drug-likeness (QED) is 0.140. The second kappa shape index (κ2) is 51.7. The first-order valence-corrected chi connectivity index (χ1v) is 15.0. The molecule has 0 aromatic heterocycles. The number of hydrogen-bond acceptors (Lipinski definition) is 8. The largest absolute Gasteiger partial charge is 0.396 e. The van der Waals surface area contributed by atoms with Gasteiger partial charge in [-0.3, -0.25) is 0 Å². The van der Waals surface area contributed by atoms with E-state index in [1.165, 1.54) is 0 Å². The van der Waals surface area contributed by atoms with Crippen LogP contribution in [0.2, 0.25) is 0 Å². The molecule has 0 aliphatic rings. The summed E-state index contributed by atoms with van der Waals surface area (Å²) in [6, 6.07) is 0. The predicted octanol–water partition coefficient (Wildman–Crippen LogP) is 6.22. The first-order valence-electron chi connectivity index (χ1n) is 15.0. The van der Waals surface area contributed by atoms with Crippen LogP contribution >= 0.6 is 0 Å². The van der Waals surface area contributed by atoms with Crippen LogP contribution in [0.5, 0.6) is 0 Å². The SMILES string of the molecule is CC(C)(C)O.CC(C)(C)O.CC(C)(C)O.CC(C)(C)O.CCCCO.CCCCO.CCCCO.CCCCO.[Ti].[Ti]. The molecule has 0 amide bonds. The Kier molecular flexibility index (Phi) is 85.8. The van der Waals surface area contributed by atoms with Gasteiger partial charge in [0.2, 0.25) is 0 Å². The minimum Gasteiger partial charge on any atom is -0.396 e. The molecule has 0 saturated carbocycles. The molecular formula is C32H80O8Ti2. The van der Waals surface area contributed by atoms with Crippen LogP contribution in [0.15, 0.2) is 0 Å². The van der Waals surface area contributed by atoms with Gasteiger partial charge in [-0.15, -0.1) is 0 Å². The van der Waals surface area contributed by atoms with E-state index in [0.717, 1.165) is 51.4 Å². The molecule has 0 aromatic rings. The van der Waals surface area contributed by atoms with Gasteiger partial charge < -0.3 is 40.9 Å². The smallest absolute Gasteiger partial charge is 0.0563 e. The van der Waals surface area contributed by atoms with E-state index in [1.54, 1.807) is 83.1 Å². The van der Waals surface area contributed by atoms with Crippen molar-refractivity contribution in [1.82, 2.24) is 0 Å². The van der Waals surface area contributed by atoms with E-state index in [-0.39, 0.29) is 43.4 Å². The van der Waals surface area contributed by atoms with Gasteiger partial charge >= 0.3 is 0 Å². The molecule has 0 radical (unpaired) electrons. The fourth-order valence-corrected chi connectivity index (χ4v) is 0.632. The zero-order valence-electron chi connectivity index (χ0n) is 31.1. The standard InChI is InChI=1S/8C4H10O.2Ti/c4*1-4(2,3)5;4*1-2-3-4-5;;/h4*5H,1-3H3;4*5H,2-4H2,1H3;;. The van der Waals surface area contributed by atoms with Gasteiger partial charge in [0.25, 0.3) is 0 Å². The van der Waals surface area contributed by atoms with Crippen LogP contribution in [0.1, 0.15) is 162 Å². The summed E-state index contributed by atoms with van der Waals surface area (Å²) in [5, 5.41) is 66.3. The Morgan fingerprint density at radius 3 is 0.381 bits per heavy atom. The predicted molar refractivity (Wildman–Crippen MR) is 176 cm³/mol. The minimum atomic E-state index is -0.500. The second-order valence-electron chi connectivity index (χ2n) is 13.0. The Bertz CT molecular complexity index is 271. The van der Waals surface area contributed by atoms with Crippen molar-refractivity contribution >= 4 is 0 Å². The molecule has 0 aliphatic heterocycles. The van der Waals surface area contributed by atoms with Crippen molar-refractivity contribution in [2.75, 3.05) is 26.4 Å². The summed E-state index contributed by atoms with van der Waals surface area (Å²) in [6.45, 7) is 30.5. The maximum atomic E-state index is 8.52. The maximum absolute atomic E-state index is 8.52. The van der Waals surface area contributed by atoms with Crippen LogP contribution in [0.4, 0.5) is 0 Å². The summed E-state index contributed by atoms with van der Waals surface area (Å²) in [4.78, 5) is 0. The molecule has 0 fully saturated rings. The molecule has 0 bridgehead atoms. The monoisotopic (exact) mass is 688 g/mol. The van der Waals surface area contributed by atoms with Crippen LogP contribution in [-0.4, -0.2) is 89.7 Å². The van der Waals surface area contributed by atoms with Gasteiger partial charge in [0.1, 0.15) is 0 Å². The molecule has 0 unspecified atom stereocenters. The van der Waals surface area contributed by atoms with Crippen LogP contribution in [-0.2, 0) is 43.4 Å². The Hall–Kier alpha value is 1.11. The number of unbranched alkanes of at least 4 members (excludes halogenated alkanes) is 4. The van der Waals surface area contributed by atoms with Gasteiger partial charge in [-0.2, -0.15) is 0 Å². The first kappa shape index (κ1) is 69.7. The summed E-state index contributed by atoms with van der Waals surface area (Å²) in [5.74, 6) is 0. The average molecular weight is 689 g/mol. The van der Waals surface area contributed by atoms with Gasteiger partial charge in [0.15, 0.2) is 0 Å². The normalized spacial score (nSPS) is 9.71. The number of hydrogen-bond donors (Lipinski definition) is 8. The van der Waals surface area contributed by atoms with E-state index in [4.69, 9.17) is 40.9 Å². The molecule has 42 heavy (non-hydrogen) atoms. The van der Waals surface area contributed by atoms with Crippen molar-refractivity contribution in [2.24, 2.45) is 0 Å². The summed E-state index contributed by atoms with van der Waals surface area (Å²) >= 11 is 0. The molecular weight excluding hydrogens is 608 g/mol. The number of aliphatic hydroxyl groups excluding tert-OH is 4. The van der Waals surface area contributed by atoms with Crippen LogP contribution in [0.25, 0.3) is 0 Å². The Morgan fingerprint density at radius 2 is 0.381 bits per heavy atom. The molecule has 0 spiro atoms. The molecule has 8 N–H and O–H groups in total. The van der Waals surface area contributed by atoms with Gasteiger partial charge in [-0.05, 0) is 109 Å². The summed E-state index contributed by atoms with van der Waals surface area (Å²) in [7, 11) is 0. The second-order valence-corrected chi connectivity index (χ2v) is 13.0. The van der Waals surface area contributed by atoms with Crippen molar-refractivity contribution in [3.05, 3.63) is 0 Å². The van der Waals surface area contributed by atoms with Crippen LogP contribution in [0.3, 0.4) is 0 Å². The third-order valence-corrected chi connectivity index (χ3v) is 2.05. The fourth-order valence-electron chi connectivity index (χ4n) is 0.632. The third-order valence-electron chi connectivity index (χ3n) is 2.05. The van der Waals surface area contributed by atoms with E-state index in [1.807, 2.05) is 0 Å². The zero-order chi connectivity index (χ0) is 34.5. The molecule has 0 atom stereocenters. The van der Waals surface area contributed by atoms with E-state index in [9.17, 15) is 0 Å². The van der Waals surface area contributed by atoms with Gasteiger partial charge in [-0.25, -0.2) is 0 Å². The van der Waals surface area contributed by atoms with Crippen molar-refractivity contribution < 1.29 is 84.3 Å². The zero-order valence-corrected chi connectivity index (χ0v) is 34.2. The molecule has 0 aromatic carbocycles. The Balaban J connectivity index is -0.0000000346. The van der Waals surface area contributed by atoms with Crippen molar-refractivity contribution in [2.45, 2.75) is 185 Å². The van der Waals surface area contributed by atoms with E-state index >= 15 is 0 Å². The molecule has 0 rings (SSSR count). The molecule has 10 heteroatoms. The third kappa shape index (κ3) is 797. The topological polar surface area (TPSA) is 162 Å². The Morgan fingerprint density at radius 1 is 0.310 bits per heavy atom. The summed E-state index contributed by atoms with van der Waals surface area (Å²) < 4.78 is 0. The fraction of sp³-hybridized carbons (Fsp3) is 1.00. The van der Waals surface area contributed by atoms with Gasteiger partial charge in [0, 0.05) is 69.9 Å². The molecule has 0 saturated heterocycles. The van der Waals surface area contributed by atoms with Crippen LogP contribution in [0, 0.1) is 0 Å². The van der Waals surface area contributed by atoms with E-state index in [2.05, 4.69) is 27.7 Å². The molecule has 0 heterocycles.